The van der Waals surface area contributed by atoms with Crippen LogP contribution in [-0.4, -0.2) is 5.49 Å². The average Bonchev–Trinajstić information content (AvgIpc) is 3.37. The molecule has 0 aliphatic heterocycles. The first-order valence-electron chi connectivity index (χ1n) is 8.83. The van der Waals surface area contributed by atoms with E-state index in [0.717, 1.165) is 12.8 Å². The van der Waals surface area contributed by atoms with Crippen LogP contribution in [0.4, 0.5) is 0 Å². The van der Waals surface area contributed by atoms with E-state index in [-0.39, 0.29) is 30.3 Å². The summed E-state index contributed by atoms with van der Waals surface area (Å²) in [5.41, 5.74) is 5.43. The zero-order chi connectivity index (χ0) is 18.6. The normalized spacial score (nSPS) is 12.9. The van der Waals surface area contributed by atoms with E-state index in [1.165, 1.54) is 45.3 Å². The maximum absolute atomic E-state index is 3.15. The number of allylic oxidation sites excluding steroid dienone is 8. The van der Waals surface area contributed by atoms with Gasteiger partial charge in [-0.2, -0.15) is 23.3 Å². The number of hydrogen-bond donors (Lipinski definition) is 0. The van der Waals surface area contributed by atoms with Crippen LogP contribution in [0.15, 0.2) is 85.0 Å². The predicted molar refractivity (Wildman–Crippen MR) is 111 cm³/mol. The molecule has 4 heteroatoms. The molecular formula is C24H24Cl2HfSi-2. The van der Waals surface area contributed by atoms with Gasteiger partial charge in [-0.05, 0) is 0 Å². The Morgan fingerprint density at radius 1 is 0.679 bits per heavy atom. The van der Waals surface area contributed by atoms with Crippen molar-refractivity contribution in [2.75, 3.05) is 0 Å². The minimum absolute atomic E-state index is 0. The second-order valence-electron chi connectivity index (χ2n) is 6.16. The fourth-order valence-electron chi connectivity index (χ4n) is 2.46. The van der Waals surface area contributed by atoms with Crippen molar-refractivity contribution in [1.29, 1.82) is 0 Å². The Kier molecular flexibility index (Phi) is 15.4. The van der Waals surface area contributed by atoms with Crippen molar-refractivity contribution in [3.05, 3.63) is 108 Å². The molecule has 28 heavy (non-hydrogen) atoms. The molecule has 0 atom stereocenters. The number of rotatable bonds is 2. The van der Waals surface area contributed by atoms with Gasteiger partial charge in [-0.15, -0.1) is 24.0 Å². The number of halogens is 2. The number of hydrogen-bond acceptors (Lipinski definition) is 0. The Labute approximate surface area is 197 Å². The maximum atomic E-state index is 3.15. The molecule has 0 amide bonds. The summed E-state index contributed by atoms with van der Waals surface area (Å²) in [4.78, 5) is 0. The van der Waals surface area contributed by atoms with Gasteiger partial charge in [0.2, 0.25) is 0 Å². The SMILES string of the molecule is C[Si](C)=[Hf+2].[C-]1=CC(c2ccccc2)=CC1.[C-]1=CC(c2ccccc2)=CC1.[Cl-].[Cl-]. The Morgan fingerprint density at radius 3 is 1.25 bits per heavy atom. The van der Waals surface area contributed by atoms with Crippen molar-refractivity contribution in [3.8, 4) is 0 Å². The molecule has 144 valence electrons. The van der Waals surface area contributed by atoms with Crippen LogP contribution in [0.1, 0.15) is 24.0 Å². The largest absolute Gasteiger partial charge is 1.00 e. The zero-order valence-electron chi connectivity index (χ0n) is 16.3. The molecule has 0 N–H and O–H groups in total. The van der Waals surface area contributed by atoms with Crippen molar-refractivity contribution < 1.29 is 47.8 Å². The standard InChI is InChI=1S/2C11H9.C2H6Si.2ClH.Hf/c2*1-2-6-10(7-3-1)11-8-4-5-9-11;1-3-2;;;/h2*1-3,6-9H,4H2;1-2H3;2*1H;/q2*-1;;;;+2/p-2. The van der Waals surface area contributed by atoms with E-state index in [1.807, 2.05) is 12.1 Å². The summed E-state index contributed by atoms with van der Waals surface area (Å²) < 4.78 is 0. The Morgan fingerprint density at radius 2 is 1.00 bits per heavy atom. The average molecular weight is 590 g/mol. The first-order valence-corrected chi connectivity index (χ1v) is 16.7. The van der Waals surface area contributed by atoms with Gasteiger partial charge in [-0.25, -0.2) is 12.2 Å². The molecule has 2 aliphatic rings. The molecule has 0 saturated carbocycles. The maximum Gasteiger partial charge on any atom is -0.0623 e. The third kappa shape index (κ3) is 10.6. The van der Waals surface area contributed by atoms with E-state index in [9.17, 15) is 0 Å². The van der Waals surface area contributed by atoms with E-state index in [2.05, 4.69) is 98.1 Å². The smallest absolute Gasteiger partial charge is 0.0623 e. The van der Waals surface area contributed by atoms with Crippen molar-refractivity contribution in [2.24, 2.45) is 0 Å². The van der Waals surface area contributed by atoms with Gasteiger partial charge in [0.05, 0.1) is 0 Å². The van der Waals surface area contributed by atoms with Crippen LogP contribution in [0.5, 0.6) is 0 Å². The molecule has 0 aromatic heterocycles. The molecule has 2 aromatic carbocycles. The first-order chi connectivity index (χ1) is 12.7. The summed E-state index contributed by atoms with van der Waals surface area (Å²) in [5.74, 6) is 0. The third-order valence-corrected chi connectivity index (χ3v) is 3.61. The van der Waals surface area contributed by atoms with Gasteiger partial charge >= 0.3 is 41.6 Å². The quantitative estimate of drug-likeness (QED) is 0.353. The van der Waals surface area contributed by atoms with Gasteiger partial charge < -0.3 is 24.8 Å². The second kappa shape index (κ2) is 15.9. The third-order valence-electron chi connectivity index (χ3n) is 3.61. The van der Waals surface area contributed by atoms with Crippen molar-refractivity contribution in [2.45, 2.75) is 25.9 Å². The molecule has 0 radical (unpaired) electrons. The zero-order valence-corrected chi connectivity index (χ0v) is 22.4. The van der Waals surface area contributed by atoms with E-state index < -0.39 is 0 Å². The van der Waals surface area contributed by atoms with Crippen LogP contribution >= 0.6 is 0 Å². The molecule has 0 saturated heterocycles. The molecule has 0 bridgehead atoms. The Hall–Kier alpha value is -0.933. The molecule has 2 aliphatic carbocycles. The molecule has 0 unspecified atom stereocenters. The van der Waals surface area contributed by atoms with Gasteiger partial charge in [-0.3, -0.25) is 12.2 Å². The van der Waals surface area contributed by atoms with E-state index in [0.29, 0.717) is 0 Å². The van der Waals surface area contributed by atoms with Gasteiger partial charge in [-0.1, -0.05) is 60.7 Å². The summed E-state index contributed by atoms with van der Waals surface area (Å²) in [7, 11) is 0. The summed E-state index contributed by atoms with van der Waals surface area (Å²) in [6.45, 7) is 4.66. The van der Waals surface area contributed by atoms with Gasteiger partial charge in [0.25, 0.3) is 0 Å². The first kappa shape index (κ1) is 27.1. The van der Waals surface area contributed by atoms with E-state index in [4.69, 9.17) is 0 Å². The molecule has 0 spiro atoms. The minimum atomic E-state index is 0. The van der Waals surface area contributed by atoms with Crippen LogP contribution in [0, 0.1) is 12.2 Å². The second-order valence-corrected chi connectivity index (χ2v) is 18.9. The fraction of sp³-hybridized carbons (Fsp3) is 0.167. The molecule has 2 aromatic rings. The van der Waals surface area contributed by atoms with Crippen LogP contribution in [-0.2, 0) is 23.0 Å². The molecule has 0 nitrogen and oxygen atoms in total. The van der Waals surface area contributed by atoms with Crippen LogP contribution in [0.2, 0.25) is 13.1 Å². The van der Waals surface area contributed by atoms with Crippen LogP contribution in [0.3, 0.4) is 0 Å². The summed E-state index contributed by atoms with van der Waals surface area (Å²) in [6, 6.07) is 20.8. The number of benzene rings is 2. The van der Waals surface area contributed by atoms with Crippen molar-refractivity contribution in [1.82, 2.24) is 0 Å². The van der Waals surface area contributed by atoms with Gasteiger partial charge in [0.1, 0.15) is 0 Å². The van der Waals surface area contributed by atoms with Crippen LogP contribution < -0.4 is 24.8 Å². The monoisotopic (exact) mass is 590 g/mol. The predicted octanol–water partition coefficient (Wildman–Crippen LogP) is 0.458. The fourth-order valence-corrected chi connectivity index (χ4v) is 2.46. The van der Waals surface area contributed by atoms with Crippen LogP contribution in [0.25, 0.3) is 11.1 Å². The molecule has 0 heterocycles. The summed E-state index contributed by atoms with van der Waals surface area (Å²) in [5, 5.41) is 0. The van der Waals surface area contributed by atoms with E-state index >= 15 is 0 Å². The Bertz CT molecular complexity index is 753. The molecule has 0 fully saturated rings. The Balaban J connectivity index is 0.000000415. The summed E-state index contributed by atoms with van der Waals surface area (Å²) in [6.07, 6.45) is 16.7. The van der Waals surface area contributed by atoms with Crippen molar-refractivity contribution in [3.63, 3.8) is 0 Å². The topological polar surface area (TPSA) is 0 Å². The van der Waals surface area contributed by atoms with Gasteiger partial charge in [0, 0.05) is 0 Å². The summed E-state index contributed by atoms with van der Waals surface area (Å²) >= 11 is 1.45. The molecular weight excluding hydrogens is 566 g/mol. The van der Waals surface area contributed by atoms with Gasteiger partial charge in [0.15, 0.2) is 0 Å². The molecule has 4 rings (SSSR count). The van der Waals surface area contributed by atoms with E-state index in [1.54, 1.807) is 0 Å². The minimum Gasteiger partial charge on any atom is -1.00 e. The van der Waals surface area contributed by atoms with Crippen molar-refractivity contribution >= 4 is 16.6 Å².